The van der Waals surface area contributed by atoms with Crippen LogP contribution in [-0.4, -0.2) is 37.0 Å². The molecular formula is C16H25N3O. The van der Waals surface area contributed by atoms with Gasteiger partial charge in [0.25, 0.3) is 0 Å². The highest BCUT2D eigenvalue weighted by Gasteiger charge is 2.22. The number of primary amides is 1. The van der Waals surface area contributed by atoms with Gasteiger partial charge in [-0.15, -0.1) is 0 Å². The van der Waals surface area contributed by atoms with E-state index in [-0.39, 0.29) is 5.91 Å². The second-order valence-corrected chi connectivity index (χ2v) is 5.97. The summed E-state index contributed by atoms with van der Waals surface area (Å²) in [6.45, 7) is 6.61. The molecule has 1 heterocycles. The summed E-state index contributed by atoms with van der Waals surface area (Å²) in [5.74, 6) is 0.337. The minimum atomic E-state index is -0.372. The highest BCUT2D eigenvalue weighted by atomic mass is 16.1. The van der Waals surface area contributed by atoms with Gasteiger partial charge in [0.05, 0.1) is 0 Å². The first-order chi connectivity index (χ1) is 9.47. The fourth-order valence-corrected chi connectivity index (χ4v) is 2.87. The average Bonchev–Trinajstić information content (AvgIpc) is 2.41. The van der Waals surface area contributed by atoms with Crippen LogP contribution >= 0.6 is 0 Å². The first-order valence-electron chi connectivity index (χ1n) is 7.33. The van der Waals surface area contributed by atoms with Crippen LogP contribution in [0.2, 0.25) is 0 Å². The van der Waals surface area contributed by atoms with Crippen LogP contribution in [0.5, 0.6) is 0 Å². The molecule has 1 aromatic carbocycles. The van der Waals surface area contributed by atoms with E-state index < -0.39 is 0 Å². The van der Waals surface area contributed by atoms with Crippen LogP contribution in [0.1, 0.15) is 35.7 Å². The summed E-state index contributed by atoms with van der Waals surface area (Å²) in [5.41, 5.74) is 8.04. The van der Waals surface area contributed by atoms with Crippen LogP contribution in [0.4, 0.5) is 5.69 Å². The van der Waals surface area contributed by atoms with Crippen molar-refractivity contribution in [1.29, 1.82) is 0 Å². The van der Waals surface area contributed by atoms with Crippen LogP contribution in [0.15, 0.2) is 18.2 Å². The number of benzene rings is 1. The SMILES string of the molecule is Cc1cc(C(N)=O)ccc1NC(C)C1CCN(C)CC1. The monoisotopic (exact) mass is 275 g/mol. The van der Waals surface area contributed by atoms with Crippen molar-refractivity contribution in [3.05, 3.63) is 29.3 Å². The van der Waals surface area contributed by atoms with Gasteiger partial charge in [0, 0.05) is 17.3 Å². The van der Waals surface area contributed by atoms with Crippen molar-refractivity contribution in [2.24, 2.45) is 11.7 Å². The molecule has 1 amide bonds. The molecule has 4 nitrogen and oxygen atoms in total. The molecule has 1 aromatic rings. The normalized spacial score (nSPS) is 18.8. The highest BCUT2D eigenvalue weighted by Crippen LogP contribution is 2.24. The van der Waals surface area contributed by atoms with Crippen molar-refractivity contribution in [1.82, 2.24) is 4.90 Å². The number of nitrogens with one attached hydrogen (secondary N) is 1. The minimum Gasteiger partial charge on any atom is -0.382 e. The van der Waals surface area contributed by atoms with Crippen LogP contribution in [-0.2, 0) is 0 Å². The van der Waals surface area contributed by atoms with Crippen molar-refractivity contribution >= 4 is 11.6 Å². The van der Waals surface area contributed by atoms with Gasteiger partial charge in [0.15, 0.2) is 0 Å². The van der Waals surface area contributed by atoms with E-state index in [0.717, 1.165) is 11.3 Å². The summed E-state index contributed by atoms with van der Waals surface area (Å²) in [6, 6.07) is 6.05. The Morgan fingerprint density at radius 3 is 2.60 bits per heavy atom. The molecule has 2 rings (SSSR count). The molecule has 20 heavy (non-hydrogen) atoms. The lowest BCUT2D eigenvalue weighted by Gasteiger charge is -2.33. The molecule has 1 unspecified atom stereocenters. The van der Waals surface area contributed by atoms with Gasteiger partial charge in [-0.3, -0.25) is 4.79 Å². The third-order valence-electron chi connectivity index (χ3n) is 4.36. The Morgan fingerprint density at radius 2 is 2.05 bits per heavy atom. The van der Waals surface area contributed by atoms with Crippen molar-refractivity contribution in [3.8, 4) is 0 Å². The van der Waals surface area contributed by atoms with E-state index >= 15 is 0 Å². The summed E-state index contributed by atoms with van der Waals surface area (Å²) in [6.07, 6.45) is 2.48. The maximum atomic E-state index is 11.2. The van der Waals surface area contributed by atoms with E-state index in [4.69, 9.17) is 5.73 Å². The smallest absolute Gasteiger partial charge is 0.248 e. The Kier molecular flexibility index (Phi) is 4.65. The van der Waals surface area contributed by atoms with Crippen molar-refractivity contribution < 1.29 is 4.79 Å². The average molecular weight is 275 g/mol. The Balaban J connectivity index is 2.00. The molecule has 1 atom stereocenters. The van der Waals surface area contributed by atoms with Gasteiger partial charge in [-0.05, 0) is 76.5 Å². The number of nitrogens with two attached hydrogens (primary N) is 1. The van der Waals surface area contributed by atoms with Crippen LogP contribution < -0.4 is 11.1 Å². The summed E-state index contributed by atoms with van der Waals surface area (Å²) < 4.78 is 0. The van der Waals surface area contributed by atoms with Crippen molar-refractivity contribution in [3.63, 3.8) is 0 Å². The predicted molar refractivity (Wildman–Crippen MR) is 83.0 cm³/mol. The lowest BCUT2D eigenvalue weighted by Crippen LogP contribution is -2.37. The summed E-state index contributed by atoms with van der Waals surface area (Å²) >= 11 is 0. The largest absolute Gasteiger partial charge is 0.382 e. The first kappa shape index (κ1) is 14.9. The number of rotatable bonds is 4. The maximum Gasteiger partial charge on any atom is 0.248 e. The molecule has 1 saturated heterocycles. The summed E-state index contributed by atoms with van der Waals surface area (Å²) in [4.78, 5) is 13.5. The minimum absolute atomic E-state index is 0.372. The predicted octanol–water partition coefficient (Wildman–Crippen LogP) is 2.24. The zero-order valence-electron chi connectivity index (χ0n) is 12.6. The van der Waals surface area contributed by atoms with Crippen molar-refractivity contribution in [2.45, 2.75) is 32.7 Å². The molecule has 0 aromatic heterocycles. The third-order valence-corrected chi connectivity index (χ3v) is 4.36. The maximum absolute atomic E-state index is 11.2. The number of hydrogen-bond donors (Lipinski definition) is 2. The number of hydrogen-bond acceptors (Lipinski definition) is 3. The number of anilines is 1. The van der Waals surface area contributed by atoms with Crippen molar-refractivity contribution in [2.75, 3.05) is 25.5 Å². The standard InChI is InChI=1S/C16H25N3O/c1-11-10-14(16(17)20)4-5-15(11)18-12(2)13-6-8-19(3)9-7-13/h4-5,10,12-13,18H,6-9H2,1-3H3,(H2,17,20). The molecule has 0 bridgehead atoms. The second kappa shape index (κ2) is 6.27. The Bertz CT molecular complexity index is 479. The Hall–Kier alpha value is -1.55. The van der Waals surface area contributed by atoms with Gasteiger partial charge in [-0.2, -0.15) is 0 Å². The molecule has 0 saturated carbocycles. The number of carbonyl (C=O) groups excluding carboxylic acids is 1. The van der Waals surface area contributed by atoms with Gasteiger partial charge in [-0.25, -0.2) is 0 Å². The van der Waals surface area contributed by atoms with E-state index in [1.165, 1.54) is 25.9 Å². The number of aryl methyl sites for hydroxylation is 1. The number of likely N-dealkylation sites (tertiary alicyclic amines) is 1. The molecular weight excluding hydrogens is 250 g/mol. The second-order valence-electron chi connectivity index (χ2n) is 5.97. The molecule has 1 fully saturated rings. The lowest BCUT2D eigenvalue weighted by molar-refractivity contribution is 0.1000. The Morgan fingerprint density at radius 1 is 1.40 bits per heavy atom. The summed E-state index contributed by atoms with van der Waals surface area (Å²) in [5, 5.41) is 3.59. The molecule has 110 valence electrons. The summed E-state index contributed by atoms with van der Waals surface area (Å²) in [7, 11) is 2.18. The fraction of sp³-hybridized carbons (Fsp3) is 0.562. The zero-order valence-corrected chi connectivity index (χ0v) is 12.6. The number of carbonyl (C=O) groups is 1. The van der Waals surface area contributed by atoms with Gasteiger partial charge in [-0.1, -0.05) is 0 Å². The van der Waals surface area contributed by atoms with Crippen LogP contribution in [0.25, 0.3) is 0 Å². The van der Waals surface area contributed by atoms with E-state index in [9.17, 15) is 4.79 Å². The molecule has 1 aliphatic heterocycles. The number of piperidine rings is 1. The molecule has 3 N–H and O–H groups in total. The van der Waals surface area contributed by atoms with Crippen LogP contribution in [0, 0.1) is 12.8 Å². The third kappa shape index (κ3) is 3.51. The van der Waals surface area contributed by atoms with Gasteiger partial charge >= 0.3 is 0 Å². The number of nitrogens with zero attached hydrogens (tertiary/aromatic N) is 1. The number of amides is 1. The fourth-order valence-electron chi connectivity index (χ4n) is 2.87. The zero-order chi connectivity index (χ0) is 14.7. The van der Waals surface area contributed by atoms with E-state index in [0.29, 0.717) is 17.5 Å². The van der Waals surface area contributed by atoms with Gasteiger partial charge in [0.1, 0.15) is 0 Å². The van der Waals surface area contributed by atoms with Crippen LogP contribution in [0.3, 0.4) is 0 Å². The molecule has 0 aliphatic carbocycles. The first-order valence-corrected chi connectivity index (χ1v) is 7.33. The van der Waals surface area contributed by atoms with Gasteiger partial charge in [0.2, 0.25) is 5.91 Å². The Labute approximate surface area is 121 Å². The molecule has 1 aliphatic rings. The van der Waals surface area contributed by atoms with Gasteiger partial charge < -0.3 is 16.0 Å². The highest BCUT2D eigenvalue weighted by molar-refractivity contribution is 5.93. The molecule has 4 heteroatoms. The topological polar surface area (TPSA) is 58.4 Å². The van der Waals surface area contributed by atoms with E-state index in [2.05, 4.69) is 24.2 Å². The lowest BCUT2D eigenvalue weighted by atomic mass is 9.90. The quantitative estimate of drug-likeness (QED) is 0.886. The van der Waals surface area contributed by atoms with E-state index in [1.807, 2.05) is 19.1 Å². The molecule has 0 spiro atoms. The van der Waals surface area contributed by atoms with E-state index in [1.54, 1.807) is 6.07 Å². The molecule has 0 radical (unpaired) electrons.